The Bertz CT molecular complexity index is 542. The minimum absolute atomic E-state index is 0.0698. The first-order valence-electron chi connectivity index (χ1n) is 5.26. The number of amides is 1. The molecule has 0 bridgehead atoms. The molecular formula is C11H9F3N2O3. The molecule has 0 saturated carbocycles. The molecule has 2 rings (SSSR count). The minimum atomic E-state index is -4.53. The predicted octanol–water partition coefficient (Wildman–Crippen LogP) is 1.71. The van der Waals surface area contributed by atoms with Crippen LogP contribution in [0, 0.1) is 0 Å². The molecule has 5 nitrogen and oxygen atoms in total. The van der Waals surface area contributed by atoms with Gasteiger partial charge in [0.15, 0.2) is 0 Å². The van der Waals surface area contributed by atoms with E-state index < -0.39 is 31.1 Å². The standard InChI is InChI=1S/C11H9F3N2O3/c12-11(13,14)5-16-4-8(17)15-7-3-1-2-6(9(7)16)10(18)19/h1-3H,4-5H2,(H,15,17)(H,18,19). The first-order chi connectivity index (χ1) is 8.78. The number of aromatic carboxylic acids is 1. The molecule has 1 aliphatic heterocycles. The van der Waals surface area contributed by atoms with Crippen LogP contribution in [0.3, 0.4) is 0 Å². The van der Waals surface area contributed by atoms with E-state index in [2.05, 4.69) is 5.32 Å². The topological polar surface area (TPSA) is 69.6 Å². The van der Waals surface area contributed by atoms with Gasteiger partial charge in [0.05, 0.1) is 23.5 Å². The number of carboxylic acids is 1. The van der Waals surface area contributed by atoms with Gasteiger partial charge in [-0.05, 0) is 12.1 Å². The number of carboxylic acid groups (broad SMARTS) is 1. The Labute approximate surface area is 105 Å². The van der Waals surface area contributed by atoms with Crippen molar-refractivity contribution in [1.29, 1.82) is 0 Å². The number of alkyl halides is 3. The molecule has 0 spiro atoms. The number of fused-ring (bicyclic) bond motifs is 1. The van der Waals surface area contributed by atoms with Gasteiger partial charge in [-0.2, -0.15) is 13.2 Å². The summed E-state index contributed by atoms with van der Waals surface area (Å²) in [4.78, 5) is 23.1. The van der Waals surface area contributed by atoms with Gasteiger partial charge in [-0.3, -0.25) is 4.79 Å². The Morgan fingerprint density at radius 2 is 2.11 bits per heavy atom. The van der Waals surface area contributed by atoms with Gasteiger partial charge in [-0.25, -0.2) is 4.79 Å². The summed E-state index contributed by atoms with van der Waals surface area (Å²) in [5, 5.41) is 11.4. The zero-order valence-electron chi connectivity index (χ0n) is 9.49. The summed E-state index contributed by atoms with van der Waals surface area (Å²) in [7, 11) is 0. The van der Waals surface area contributed by atoms with Crippen molar-refractivity contribution >= 4 is 23.3 Å². The fourth-order valence-electron chi connectivity index (χ4n) is 1.95. The lowest BCUT2D eigenvalue weighted by Crippen LogP contribution is -2.44. The second-order valence-electron chi connectivity index (χ2n) is 4.03. The lowest BCUT2D eigenvalue weighted by Gasteiger charge is -2.32. The summed E-state index contributed by atoms with van der Waals surface area (Å²) in [6.07, 6.45) is -4.53. The predicted molar refractivity (Wildman–Crippen MR) is 60.3 cm³/mol. The largest absolute Gasteiger partial charge is 0.478 e. The number of nitrogens with zero attached hydrogens (tertiary/aromatic N) is 1. The summed E-state index contributed by atoms with van der Waals surface area (Å²) in [5.74, 6) is -1.96. The highest BCUT2D eigenvalue weighted by Gasteiger charge is 2.36. The van der Waals surface area contributed by atoms with Crippen molar-refractivity contribution in [3.05, 3.63) is 23.8 Å². The first kappa shape index (κ1) is 13.2. The molecule has 1 aliphatic rings. The van der Waals surface area contributed by atoms with Gasteiger partial charge in [0.1, 0.15) is 6.54 Å². The summed E-state index contributed by atoms with van der Waals surface area (Å²) >= 11 is 0. The van der Waals surface area contributed by atoms with Crippen molar-refractivity contribution in [2.75, 3.05) is 23.3 Å². The summed E-state index contributed by atoms with van der Waals surface area (Å²) < 4.78 is 37.4. The van der Waals surface area contributed by atoms with Crippen LogP contribution in [0.25, 0.3) is 0 Å². The highest BCUT2D eigenvalue weighted by Crippen LogP contribution is 2.35. The normalized spacial score (nSPS) is 14.9. The second-order valence-corrected chi connectivity index (χ2v) is 4.03. The van der Waals surface area contributed by atoms with E-state index in [-0.39, 0.29) is 16.9 Å². The molecule has 0 aliphatic carbocycles. The summed E-state index contributed by atoms with van der Waals surface area (Å²) in [6.45, 7) is -1.91. The van der Waals surface area contributed by atoms with Gasteiger partial charge in [0.2, 0.25) is 5.91 Å². The Morgan fingerprint density at radius 3 is 2.68 bits per heavy atom. The number of hydrogen-bond donors (Lipinski definition) is 2. The quantitative estimate of drug-likeness (QED) is 0.861. The number of carbonyl (C=O) groups is 2. The average Bonchev–Trinajstić information content (AvgIpc) is 2.25. The van der Waals surface area contributed by atoms with Crippen LogP contribution in [-0.2, 0) is 4.79 Å². The van der Waals surface area contributed by atoms with E-state index in [9.17, 15) is 22.8 Å². The van der Waals surface area contributed by atoms with Crippen LogP contribution in [0.4, 0.5) is 24.5 Å². The van der Waals surface area contributed by atoms with E-state index in [0.717, 1.165) is 4.90 Å². The maximum atomic E-state index is 12.5. The molecule has 1 aromatic carbocycles. The van der Waals surface area contributed by atoms with Gasteiger partial charge < -0.3 is 15.3 Å². The third kappa shape index (κ3) is 2.78. The number of hydrogen-bond acceptors (Lipinski definition) is 3. The van der Waals surface area contributed by atoms with Gasteiger partial charge in [-0.15, -0.1) is 0 Å². The summed E-state index contributed by atoms with van der Waals surface area (Å²) in [5.41, 5.74) is -0.325. The van der Waals surface area contributed by atoms with Crippen LogP contribution >= 0.6 is 0 Å². The molecule has 0 unspecified atom stereocenters. The number of benzene rings is 1. The van der Waals surface area contributed by atoms with E-state index in [4.69, 9.17) is 5.11 Å². The second kappa shape index (κ2) is 4.45. The highest BCUT2D eigenvalue weighted by atomic mass is 19.4. The third-order valence-electron chi connectivity index (χ3n) is 2.56. The van der Waals surface area contributed by atoms with E-state index in [1.807, 2.05) is 0 Å². The highest BCUT2D eigenvalue weighted by molar-refractivity contribution is 6.07. The molecule has 1 aromatic rings. The smallest absolute Gasteiger partial charge is 0.405 e. The van der Waals surface area contributed by atoms with Crippen LogP contribution < -0.4 is 10.2 Å². The minimum Gasteiger partial charge on any atom is -0.478 e. The number of halogens is 3. The van der Waals surface area contributed by atoms with Crippen molar-refractivity contribution in [2.24, 2.45) is 0 Å². The van der Waals surface area contributed by atoms with Crippen LogP contribution in [0.1, 0.15) is 10.4 Å². The van der Waals surface area contributed by atoms with Crippen molar-refractivity contribution < 1.29 is 27.9 Å². The molecule has 0 radical (unpaired) electrons. The molecule has 0 aromatic heterocycles. The maximum Gasteiger partial charge on any atom is 0.405 e. The Kier molecular flexibility index (Phi) is 3.09. The van der Waals surface area contributed by atoms with E-state index in [1.54, 1.807) is 0 Å². The fourth-order valence-corrected chi connectivity index (χ4v) is 1.95. The molecule has 8 heteroatoms. The van der Waals surface area contributed by atoms with Crippen molar-refractivity contribution in [3.63, 3.8) is 0 Å². The first-order valence-corrected chi connectivity index (χ1v) is 5.26. The molecule has 1 amide bonds. The summed E-state index contributed by atoms with van der Waals surface area (Å²) in [6, 6.07) is 3.92. The lowest BCUT2D eigenvalue weighted by atomic mass is 10.1. The molecule has 0 fully saturated rings. The van der Waals surface area contributed by atoms with Gasteiger partial charge in [0.25, 0.3) is 0 Å². The van der Waals surface area contributed by atoms with Crippen LogP contribution in [0.15, 0.2) is 18.2 Å². The molecule has 0 atom stereocenters. The van der Waals surface area contributed by atoms with E-state index in [1.165, 1.54) is 18.2 Å². The van der Waals surface area contributed by atoms with Crippen molar-refractivity contribution in [2.45, 2.75) is 6.18 Å². The van der Waals surface area contributed by atoms with Crippen molar-refractivity contribution in [1.82, 2.24) is 0 Å². The monoisotopic (exact) mass is 274 g/mol. The molecule has 19 heavy (non-hydrogen) atoms. The van der Waals surface area contributed by atoms with Crippen LogP contribution in [-0.4, -0.2) is 36.2 Å². The number of para-hydroxylation sites is 1. The molecule has 2 N–H and O–H groups in total. The van der Waals surface area contributed by atoms with Crippen LogP contribution in [0.5, 0.6) is 0 Å². The van der Waals surface area contributed by atoms with Gasteiger partial charge in [0, 0.05) is 0 Å². The Morgan fingerprint density at radius 1 is 1.42 bits per heavy atom. The zero-order valence-corrected chi connectivity index (χ0v) is 9.49. The van der Waals surface area contributed by atoms with Gasteiger partial charge >= 0.3 is 12.1 Å². The Hall–Kier alpha value is -2.25. The van der Waals surface area contributed by atoms with E-state index in [0.29, 0.717) is 0 Å². The van der Waals surface area contributed by atoms with Crippen LogP contribution in [0.2, 0.25) is 0 Å². The van der Waals surface area contributed by atoms with E-state index >= 15 is 0 Å². The fraction of sp³-hybridized carbons (Fsp3) is 0.273. The van der Waals surface area contributed by atoms with Gasteiger partial charge in [-0.1, -0.05) is 6.07 Å². The number of anilines is 2. The SMILES string of the molecule is O=C1CN(CC(F)(F)F)c2c(cccc2C(=O)O)N1. The Balaban J connectivity index is 2.50. The zero-order chi connectivity index (χ0) is 14.2. The number of rotatable bonds is 2. The number of nitrogens with one attached hydrogen (secondary N) is 1. The maximum absolute atomic E-state index is 12.5. The third-order valence-corrected chi connectivity index (χ3v) is 2.56. The molecule has 1 heterocycles. The lowest BCUT2D eigenvalue weighted by molar-refractivity contribution is -0.122. The van der Waals surface area contributed by atoms with Crippen molar-refractivity contribution in [3.8, 4) is 0 Å². The number of carbonyl (C=O) groups excluding carboxylic acids is 1. The molecular weight excluding hydrogens is 265 g/mol. The molecule has 102 valence electrons. The molecule has 0 saturated heterocycles. The average molecular weight is 274 g/mol.